The van der Waals surface area contributed by atoms with Gasteiger partial charge < -0.3 is 10.3 Å². The number of carbonyl (C=O) groups excluding carboxylic acids is 3. The van der Waals surface area contributed by atoms with Crippen molar-refractivity contribution >= 4 is 28.6 Å². The van der Waals surface area contributed by atoms with Crippen LogP contribution in [0.5, 0.6) is 0 Å². The number of nitrogens with one attached hydrogen (secondary N) is 2. The van der Waals surface area contributed by atoms with Crippen molar-refractivity contribution in [1.29, 1.82) is 0 Å². The molecule has 4 rings (SSSR count). The van der Waals surface area contributed by atoms with Crippen LogP contribution in [0.2, 0.25) is 0 Å². The number of nitrogens with zero attached hydrogens (tertiary/aromatic N) is 1. The number of imide groups is 1. The first-order valence-electron chi connectivity index (χ1n) is 9.33. The summed E-state index contributed by atoms with van der Waals surface area (Å²) in [6.07, 6.45) is 2.76. The van der Waals surface area contributed by atoms with Gasteiger partial charge in [0.05, 0.1) is 11.1 Å². The molecule has 0 bridgehead atoms. The molecule has 0 aliphatic carbocycles. The predicted molar refractivity (Wildman–Crippen MR) is 106 cm³/mol. The van der Waals surface area contributed by atoms with E-state index in [4.69, 9.17) is 0 Å². The normalized spacial score (nSPS) is 13.2. The second-order valence-corrected chi connectivity index (χ2v) is 7.02. The first-order valence-corrected chi connectivity index (χ1v) is 9.33. The summed E-state index contributed by atoms with van der Waals surface area (Å²) in [5.41, 5.74) is 3.98. The van der Waals surface area contributed by atoms with E-state index in [1.807, 2.05) is 43.5 Å². The van der Waals surface area contributed by atoms with E-state index in [-0.39, 0.29) is 30.7 Å². The fraction of sp³-hybridized carbons (Fsp3) is 0.227. The Bertz CT molecular complexity index is 1080. The predicted octanol–water partition coefficient (Wildman–Crippen LogP) is 2.82. The van der Waals surface area contributed by atoms with Gasteiger partial charge in [0.25, 0.3) is 11.8 Å². The zero-order valence-corrected chi connectivity index (χ0v) is 15.6. The molecule has 3 amide bonds. The molecule has 2 N–H and O–H groups in total. The van der Waals surface area contributed by atoms with Gasteiger partial charge in [-0.2, -0.15) is 0 Å². The van der Waals surface area contributed by atoms with Crippen molar-refractivity contribution in [3.63, 3.8) is 0 Å². The number of aromatic amines is 1. The maximum absolute atomic E-state index is 12.4. The van der Waals surface area contributed by atoms with E-state index in [0.29, 0.717) is 24.1 Å². The number of carbonyl (C=O) groups is 3. The maximum Gasteiger partial charge on any atom is 0.261 e. The highest BCUT2D eigenvalue weighted by atomic mass is 16.2. The van der Waals surface area contributed by atoms with Crippen molar-refractivity contribution in [2.75, 3.05) is 13.1 Å². The molecule has 2 aromatic carbocycles. The van der Waals surface area contributed by atoms with Crippen LogP contribution in [0.1, 0.15) is 38.3 Å². The van der Waals surface area contributed by atoms with Crippen molar-refractivity contribution in [1.82, 2.24) is 15.2 Å². The fourth-order valence-electron chi connectivity index (χ4n) is 3.58. The van der Waals surface area contributed by atoms with Gasteiger partial charge in [-0.05, 0) is 37.1 Å². The SMILES string of the molecule is Cc1ccc2c(c1)C(=O)N(CCC(=O)NCCc1c[nH]c3ccccc13)C2=O. The Hall–Kier alpha value is -3.41. The fourth-order valence-corrected chi connectivity index (χ4v) is 3.58. The summed E-state index contributed by atoms with van der Waals surface area (Å²) in [5, 5.41) is 4.02. The Morgan fingerprint density at radius 2 is 1.86 bits per heavy atom. The molecule has 28 heavy (non-hydrogen) atoms. The Morgan fingerprint density at radius 3 is 2.71 bits per heavy atom. The first kappa shape index (κ1) is 18.0. The molecule has 0 fully saturated rings. The van der Waals surface area contributed by atoms with Gasteiger partial charge in [0.2, 0.25) is 5.91 Å². The van der Waals surface area contributed by atoms with E-state index in [0.717, 1.165) is 26.9 Å². The molecular formula is C22H21N3O3. The van der Waals surface area contributed by atoms with Gasteiger partial charge in [0.1, 0.15) is 0 Å². The molecule has 1 aliphatic rings. The minimum absolute atomic E-state index is 0.0876. The van der Waals surface area contributed by atoms with Gasteiger partial charge in [-0.25, -0.2) is 0 Å². The third-order valence-corrected chi connectivity index (χ3v) is 5.08. The molecule has 1 aliphatic heterocycles. The Kier molecular flexibility index (Phi) is 4.69. The van der Waals surface area contributed by atoms with Crippen LogP contribution < -0.4 is 5.32 Å². The Labute approximate surface area is 162 Å². The van der Waals surface area contributed by atoms with Gasteiger partial charge in [0.15, 0.2) is 0 Å². The Morgan fingerprint density at radius 1 is 1.07 bits per heavy atom. The molecule has 0 saturated carbocycles. The highest BCUT2D eigenvalue weighted by Gasteiger charge is 2.35. The number of aryl methyl sites for hydroxylation is 1. The molecule has 0 atom stereocenters. The maximum atomic E-state index is 12.4. The second-order valence-electron chi connectivity index (χ2n) is 7.02. The molecule has 0 saturated heterocycles. The van der Waals surface area contributed by atoms with Gasteiger partial charge in [-0.1, -0.05) is 29.8 Å². The standard InChI is InChI=1S/C22H21N3O3/c1-14-6-7-17-18(12-14)22(28)25(21(17)27)11-9-20(26)23-10-8-15-13-24-19-5-3-2-4-16(15)19/h2-7,12-13,24H,8-11H2,1H3,(H,23,26). The zero-order chi connectivity index (χ0) is 19.7. The van der Waals surface area contributed by atoms with Crippen LogP contribution in [0, 0.1) is 6.92 Å². The summed E-state index contributed by atoms with van der Waals surface area (Å²) >= 11 is 0. The lowest BCUT2D eigenvalue weighted by atomic mass is 10.1. The minimum atomic E-state index is -0.327. The number of benzene rings is 2. The van der Waals surface area contributed by atoms with Crippen molar-refractivity contribution < 1.29 is 14.4 Å². The summed E-state index contributed by atoms with van der Waals surface area (Å²) in [5.74, 6) is -0.825. The summed E-state index contributed by atoms with van der Waals surface area (Å²) in [7, 11) is 0. The third kappa shape index (κ3) is 3.29. The van der Waals surface area contributed by atoms with Crippen LogP contribution in [0.4, 0.5) is 0 Å². The topological polar surface area (TPSA) is 82.3 Å². The van der Waals surface area contributed by atoms with E-state index in [1.54, 1.807) is 12.1 Å². The van der Waals surface area contributed by atoms with E-state index >= 15 is 0 Å². The van der Waals surface area contributed by atoms with E-state index < -0.39 is 0 Å². The minimum Gasteiger partial charge on any atom is -0.361 e. The number of fused-ring (bicyclic) bond motifs is 2. The van der Waals surface area contributed by atoms with Gasteiger partial charge in [-0.3, -0.25) is 19.3 Å². The number of aromatic nitrogens is 1. The molecule has 6 heteroatoms. The second kappa shape index (κ2) is 7.31. The largest absolute Gasteiger partial charge is 0.361 e. The van der Waals surface area contributed by atoms with Gasteiger partial charge >= 0.3 is 0 Å². The smallest absolute Gasteiger partial charge is 0.261 e. The highest BCUT2D eigenvalue weighted by Crippen LogP contribution is 2.24. The van der Waals surface area contributed by atoms with Crippen molar-refractivity contribution in [2.24, 2.45) is 0 Å². The summed E-state index contributed by atoms with van der Waals surface area (Å²) in [6.45, 7) is 2.47. The number of amides is 3. The van der Waals surface area contributed by atoms with Crippen LogP contribution in [0.15, 0.2) is 48.7 Å². The molecule has 3 aromatic rings. The number of hydrogen-bond donors (Lipinski definition) is 2. The van der Waals surface area contributed by atoms with Crippen molar-refractivity contribution in [3.05, 3.63) is 70.9 Å². The molecule has 0 unspecified atom stereocenters. The van der Waals surface area contributed by atoms with Crippen molar-refractivity contribution in [2.45, 2.75) is 19.8 Å². The summed E-state index contributed by atoms with van der Waals surface area (Å²) in [6, 6.07) is 13.2. The van der Waals surface area contributed by atoms with Gasteiger partial charge in [-0.15, -0.1) is 0 Å². The van der Waals surface area contributed by atoms with Crippen LogP contribution in [-0.2, 0) is 11.2 Å². The molecule has 6 nitrogen and oxygen atoms in total. The number of rotatable bonds is 6. The monoisotopic (exact) mass is 375 g/mol. The van der Waals surface area contributed by atoms with Crippen LogP contribution >= 0.6 is 0 Å². The number of hydrogen-bond acceptors (Lipinski definition) is 3. The quantitative estimate of drug-likeness (QED) is 0.650. The van der Waals surface area contributed by atoms with E-state index in [9.17, 15) is 14.4 Å². The lowest BCUT2D eigenvalue weighted by Gasteiger charge is -2.13. The summed E-state index contributed by atoms with van der Waals surface area (Å²) < 4.78 is 0. The third-order valence-electron chi connectivity index (χ3n) is 5.08. The summed E-state index contributed by atoms with van der Waals surface area (Å²) in [4.78, 5) is 41.4. The van der Waals surface area contributed by atoms with E-state index in [1.165, 1.54) is 0 Å². The highest BCUT2D eigenvalue weighted by molar-refractivity contribution is 6.21. The zero-order valence-electron chi connectivity index (χ0n) is 15.6. The molecule has 2 heterocycles. The Balaban J connectivity index is 1.29. The van der Waals surface area contributed by atoms with Crippen LogP contribution in [-0.4, -0.2) is 40.7 Å². The first-order chi connectivity index (χ1) is 13.5. The molecule has 142 valence electrons. The van der Waals surface area contributed by atoms with Crippen molar-refractivity contribution in [3.8, 4) is 0 Å². The van der Waals surface area contributed by atoms with E-state index in [2.05, 4.69) is 10.3 Å². The average Bonchev–Trinajstić information content (AvgIpc) is 3.20. The lowest BCUT2D eigenvalue weighted by Crippen LogP contribution is -2.35. The molecule has 0 radical (unpaired) electrons. The van der Waals surface area contributed by atoms with Crippen LogP contribution in [0.25, 0.3) is 10.9 Å². The lowest BCUT2D eigenvalue weighted by molar-refractivity contribution is -0.121. The number of H-pyrrole nitrogens is 1. The number of para-hydroxylation sites is 1. The average molecular weight is 375 g/mol. The molecular weight excluding hydrogens is 354 g/mol. The van der Waals surface area contributed by atoms with Gasteiger partial charge in [0, 0.05) is 36.6 Å². The molecule has 1 aromatic heterocycles. The van der Waals surface area contributed by atoms with Crippen LogP contribution in [0.3, 0.4) is 0 Å². The molecule has 0 spiro atoms.